The van der Waals surface area contributed by atoms with Crippen molar-refractivity contribution in [1.29, 1.82) is 0 Å². The summed E-state index contributed by atoms with van der Waals surface area (Å²) >= 11 is 0. The number of nitrogens with one attached hydrogen (secondary N) is 1. The van der Waals surface area contributed by atoms with Crippen LogP contribution in [0.25, 0.3) is 10.8 Å². The Balaban J connectivity index is 1.62. The second kappa shape index (κ2) is 6.96. The maximum Gasteiger partial charge on any atom is 0.338 e. The Kier molecular flexibility index (Phi) is 4.27. The normalized spacial score (nSPS) is 22.0. The van der Waals surface area contributed by atoms with Gasteiger partial charge in [0.15, 0.2) is 0 Å². The molecular weight excluding hydrogens is 362 g/mol. The number of allylic oxidation sites excluding steroid dienone is 2. The molecule has 0 radical (unpaired) electrons. The van der Waals surface area contributed by atoms with Gasteiger partial charge in [-0.25, -0.2) is 4.79 Å². The quantitative estimate of drug-likeness (QED) is 0.458. The zero-order chi connectivity index (χ0) is 20.0. The predicted octanol–water partition coefficient (Wildman–Crippen LogP) is 5.55. The van der Waals surface area contributed by atoms with Crippen LogP contribution in [0, 0.1) is 5.92 Å². The van der Waals surface area contributed by atoms with Gasteiger partial charge in [-0.2, -0.15) is 0 Å². The molecule has 3 atom stereocenters. The van der Waals surface area contributed by atoms with Crippen molar-refractivity contribution in [2.75, 3.05) is 11.9 Å². The van der Waals surface area contributed by atoms with E-state index in [0.29, 0.717) is 17.9 Å². The molecule has 5 rings (SSSR count). The highest BCUT2D eigenvalue weighted by molar-refractivity contribution is 5.91. The molecule has 0 saturated carbocycles. The Labute approximate surface area is 169 Å². The maximum absolute atomic E-state index is 12.2. The van der Waals surface area contributed by atoms with E-state index in [-0.39, 0.29) is 23.8 Å². The van der Waals surface area contributed by atoms with Crippen molar-refractivity contribution < 1.29 is 14.6 Å². The molecule has 0 fully saturated rings. The van der Waals surface area contributed by atoms with Gasteiger partial charge in [-0.05, 0) is 59.9 Å². The Morgan fingerprint density at radius 1 is 1.17 bits per heavy atom. The fraction of sp³-hybridized carbons (Fsp3) is 0.240. The minimum atomic E-state index is -0.289. The van der Waals surface area contributed by atoms with Crippen LogP contribution < -0.4 is 5.32 Å². The summed E-state index contributed by atoms with van der Waals surface area (Å²) in [6.07, 6.45) is 5.36. The molecule has 4 nitrogen and oxygen atoms in total. The SMILES string of the molecule is CCOC(=O)c1ccc2c(c1)C1C=CCC1C(c1c(O)ccc3ccccc13)N2. The molecule has 1 heterocycles. The van der Waals surface area contributed by atoms with Crippen molar-refractivity contribution in [3.05, 3.63) is 83.4 Å². The van der Waals surface area contributed by atoms with Crippen LogP contribution >= 0.6 is 0 Å². The van der Waals surface area contributed by atoms with Crippen molar-refractivity contribution in [1.82, 2.24) is 0 Å². The van der Waals surface area contributed by atoms with Gasteiger partial charge in [-0.15, -0.1) is 0 Å². The maximum atomic E-state index is 12.2. The second-order valence-electron chi connectivity index (χ2n) is 7.72. The molecule has 3 aromatic carbocycles. The molecule has 0 bridgehead atoms. The van der Waals surface area contributed by atoms with Crippen molar-refractivity contribution in [3.63, 3.8) is 0 Å². The summed E-state index contributed by atoms with van der Waals surface area (Å²) in [6.45, 7) is 2.18. The molecule has 4 heteroatoms. The van der Waals surface area contributed by atoms with E-state index in [2.05, 4.69) is 29.6 Å². The molecule has 3 unspecified atom stereocenters. The molecule has 1 aliphatic carbocycles. The molecule has 0 saturated heterocycles. The van der Waals surface area contributed by atoms with Gasteiger partial charge in [-0.1, -0.05) is 42.5 Å². The third-order valence-corrected chi connectivity index (χ3v) is 6.13. The molecule has 2 aliphatic rings. The molecule has 0 aromatic heterocycles. The summed E-state index contributed by atoms with van der Waals surface area (Å²) in [5.41, 5.74) is 3.65. The van der Waals surface area contributed by atoms with E-state index >= 15 is 0 Å². The first-order chi connectivity index (χ1) is 14.2. The lowest BCUT2D eigenvalue weighted by atomic mass is 9.75. The molecule has 3 aromatic rings. The Morgan fingerprint density at radius 3 is 2.90 bits per heavy atom. The van der Waals surface area contributed by atoms with Crippen LogP contribution in [0.5, 0.6) is 5.75 Å². The summed E-state index contributed by atoms with van der Waals surface area (Å²) < 4.78 is 5.17. The summed E-state index contributed by atoms with van der Waals surface area (Å²) in [5, 5.41) is 16.6. The number of phenolic OH excluding ortho intramolecular Hbond substituents is 1. The van der Waals surface area contributed by atoms with Crippen molar-refractivity contribution in [3.8, 4) is 5.75 Å². The first kappa shape index (κ1) is 17.8. The number of rotatable bonds is 3. The van der Waals surface area contributed by atoms with Crippen molar-refractivity contribution in [2.45, 2.75) is 25.3 Å². The van der Waals surface area contributed by atoms with Crippen LogP contribution in [0.3, 0.4) is 0 Å². The number of fused-ring (bicyclic) bond motifs is 4. The monoisotopic (exact) mass is 385 g/mol. The largest absolute Gasteiger partial charge is 0.508 e. The van der Waals surface area contributed by atoms with E-state index in [1.807, 2.05) is 43.3 Å². The number of carbonyl (C=O) groups excluding carboxylic acids is 1. The Morgan fingerprint density at radius 2 is 2.03 bits per heavy atom. The first-order valence-electron chi connectivity index (χ1n) is 10.1. The van der Waals surface area contributed by atoms with E-state index in [1.54, 1.807) is 6.07 Å². The number of aromatic hydroxyl groups is 1. The molecule has 1 aliphatic heterocycles. The zero-order valence-electron chi connectivity index (χ0n) is 16.3. The lowest BCUT2D eigenvalue weighted by Crippen LogP contribution is -2.29. The van der Waals surface area contributed by atoms with Crippen LogP contribution in [0.15, 0.2) is 66.7 Å². The average Bonchev–Trinajstić information content (AvgIpc) is 3.23. The van der Waals surface area contributed by atoms with Crippen molar-refractivity contribution >= 4 is 22.4 Å². The molecular formula is C25H23NO3. The fourth-order valence-corrected chi connectivity index (χ4v) is 4.83. The zero-order valence-corrected chi connectivity index (χ0v) is 16.3. The molecule has 0 amide bonds. The van der Waals surface area contributed by atoms with Gasteiger partial charge in [-0.3, -0.25) is 0 Å². The summed E-state index contributed by atoms with van der Waals surface area (Å²) in [7, 11) is 0. The molecule has 29 heavy (non-hydrogen) atoms. The summed E-state index contributed by atoms with van der Waals surface area (Å²) in [4.78, 5) is 12.2. The van der Waals surface area contributed by atoms with E-state index in [9.17, 15) is 9.90 Å². The fourth-order valence-electron chi connectivity index (χ4n) is 4.83. The van der Waals surface area contributed by atoms with Gasteiger partial charge in [0, 0.05) is 17.2 Å². The predicted molar refractivity (Wildman–Crippen MR) is 114 cm³/mol. The van der Waals surface area contributed by atoms with Crippen molar-refractivity contribution in [2.24, 2.45) is 5.92 Å². The van der Waals surface area contributed by atoms with Crippen LogP contribution in [-0.4, -0.2) is 17.7 Å². The highest BCUT2D eigenvalue weighted by Gasteiger charge is 2.39. The van der Waals surface area contributed by atoms with Gasteiger partial charge in [0.2, 0.25) is 0 Å². The number of hydrogen-bond donors (Lipinski definition) is 2. The van der Waals surface area contributed by atoms with E-state index in [4.69, 9.17) is 4.74 Å². The van der Waals surface area contributed by atoms with Crippen LogP contribution in [0.4, 0.5) is 5.69 Å². The average molecular weight is 385 g/mol. The number of carbonyl (C=O) groups is 1. The molecule has 146 valence electrons. The third-order valence-electron chi connectivity index (χ3n) is 6.13. The number of phenols is 1. The van der Waals surface area contributed by atoms with E-state index < -0.39 is 0 Å². The Hall–Kier alpha value is -3.27. The first-order valence-corrected chi connectivity index (χ1v) is 10.1. The van der Waals surface area contributed by atoms with Crippen LogP contribution in [-0.2, 0) is 4.74 Å². The van der Waals surface area contributed by atoms with Gasteiger partial charge in [0.05, 0.1) is 18.2 Å². The smallest absolute Gasteiger partial charge is 0.338 e. The lowest BCUT2D eigenvalue weighted by molar-refractivity contribution is 0.0526. The number of benzene rings is 3. The second-order valence-corrected chi connectivity index (χ2v) is 7.72. The number of ether oxygens (including phenoxy) is 1. The molecule has 2 N–H and O–H groups in total. The van der Waals surface area contributed by atoms with Crippen LogP contribution in [0.2, 0.25) is 0 Å². The number of anilines is 1. The van der Waals surface area contributed by atoms with E-state index in [1.165, 1.54) is 0 Å². The van der Waals surface area contributed by atoms with Gasteiger partial charge in [0.1, 0.15) is 5.75 Å². The summed E-state index contributed by atoms with van der Waals surface area (Å²) in [5.74, 6) is 0.502. The lowest BCUT2D eigenvalue weighted by Gasteiger charge is -2.38. The van der Waals surface area contributed by atoms with Gasteiger partial charge >= 0.3 is 5.97 Å². The van der Waals surface area contributed by atoms with Gasteiger partial charge in [0.25, 0.3) is 0 Å². The third kappa shape index (κ3) is 2.87. The van der Waals surface area contributed by atoms with Gasteiger partial charge < -0.3 is 15.2 Å². The summed E-state index contributed by atoms with van der Waals surface area (Å²) in [6, 6.07) is 17.6. The number of hydrogen-bond acceptors (Lipinski definition) is 4. The van der Waals surface area contributed by atoms with E-state index in [0.717, 1.165) is 34.0 Å². The van der Waals surface area contributed by atoms with Crippen LogP contribution in [0.1, 0.15) is 46.8 Å². The number of esters is 1. The Bertz CT molecular complexity index is 1130. The highest BCUT2D eigenvalue weighted by atomic mass is 16.5. The standard InChI is InChI=1S/C25H23NO3/c1-2-29-25(28)16-10-12-21-20(14-16)18-8-5-9-19(18)24(26-21)23-17-7-4-3-6-15(17)11-13-22(23)27/h3-8,10-14,18-19,24,26-27H,2,9H2,1H3. The highest BCUT2D eigenvalue weighted by Crippen LogP contribution is 2.52. The molecule has 0 spiro atoms. The minimum Gasteiger partial charge on any atom is -0.508 e. The topological polar surface area (TPSA) is 58.6 Å². The minimum absolute atomic E-state index is 0.0120.